The zero-order chi connectivity index (χ0) is 9.90. The van der Waals surface area contributed by atoms with Crippen molar-refractivity contribution in [1.82, 2.24) is 4.98 Å². The van der Waals surface area contributed by atoms with Crippen LogP contribution in [0.15, 0.2) is 24.5 Å². The van der Waals surface area contributed by atoms with E-state index in [1.54, 1.807) is 18.3 Å². The minimum absolute atomic E-state index is 0.549. The normalized spacial score (nSPS) is 14.0. The smallest absolute Gasteiger partial charge is 0.184 e. The Hall–Kier alpha value is -0.940. The fraction of sp³-hybridized carbons (Fsp3) is 0.375. The number of ether oxygens (including phenoxy) is 1. The van der Waals surface area contributed by atoms with Gasteiger partial charge in [-0.3, -0.25) is 4.98 Å². The standard InChI is InChI=1S/C8H11NO3S/c1-12-8(13(2,10)11)7-4-3-5-9-6-7/h3-6,8H,1-2H3. The molecular weight excluding hydrogens is 190 g/mol. The molecule has 1 aromatic rings. The van der Waals surface area contributed by atoms with Gasteiger partial charge in [-0.05, 0) is 6.07 Å². The van der Waals surface area contributed by atoms with Crippen LogP contribution in [0, 0.1) is 0 Å². The lowest BCUT2D eigenvalue weighted by Crippen LogP contribution is -2.13. The molecule has 1 atom stereocenters. The molecule has 0 amide bonds. The van der Waals surface area contributed by atoms with Crippen LogP contribution in [-0.4, -0.2) is 26.8 Å². The molecule has 5 heteroatoms. The fourth-order valence-corrected chi connectivity index (χ4v) is 2.06. The summed E-state index contributed by atoms with van der Waals surface area (Å²) in [5.74, 6) is 0. The molecule has 0 radical (unpaired) electrons. The van der Waals surface area contributed by atoms with E-state index in [9.17, 15) is 8.42 Å². The maximum atomic E-state index is 11.2. The van der Waals surface area contributed by atoms with Crippen molar-refractivity contribution in [1.29, 1.82) is 0 Å². The molecular formula is C8H11NO3S. The van der Waals surface area contributed by atoms with Crippen LogP contribution in [0.25, 0.3) is 0 Å². The van der Waals surface area contributed by atoms with E-state index in [2.05, 4.69) is 4.98 Å². The molecule has 1 unspecified atom stereocenters. The first-order valence-electron chi connectivity index (χ1n) is 3.67. The number of hydrogen-bond donors (Lipinski definition) is 0. The second-order valence-corrected chi connectivity index (χ2v) is 4.77. The van der Waals surface area contributed by atoms with Gasteiger partial charge in [0.15, 0.2) is 15.3 Å². The van der Waals surface area contributed by atoms with Crippen LogP contribution in [0.5, 0.6) is 0 Å². The molecule has 0 aromatic carbocycles. The van der Waals surface area contributed by atoms with E-state index >= 15 is 0 Å². The number of pyridine rings is 1. The Morgan fingerprint density at radius 2 is 2.23 bits per heavy atom. The molecule has 0 aliphatic heterocycles. The van der Waals surface area contributed by atoms with Gasteiger partial charge in [-0.25, -0.2) is 8.42 Å². The molecule has 1 aromatic heterocycles. The minimum atomic E-state index is -3.23. The quantitative estimate of drug-likeness (QED) is 0.724. The lowest BCUT2D eigenvalue weighted by atomic mass is 10.3. The van der Waals surface area contributed by atoms with E-state index in [-0.39, 0.29) is 0 Å². The molecule has 0 N–H and O–H groups in total. The Kier molecular flexibility index (Phi) is 3.00. The van der Waals surface area contributed by atoms with E-state index in [0.717, 1.165) is 6.26 Å². The summed E-state index contributed by atoms with van der Waals surface area (Å²) >= 11 is 0. The van der Waals surface area contributed by atoms with Gasteiger partial charge in [0.1, 0.15) is 0 Å². The maximum absolute atomic E-state index is 11.2. The highest BCUT2D eigenvalue weighted by Crippen LogP contribution is 2.20. The molecule has 0 aliphatic rings. The van der Waals surface area contributed by atoms with Crippen molar-refractivity contribution in [2.75, 3.05) is 13.4 Å². The number of methoxy groups -OCH3 is 1. The Labute approximate surface area is 77.5 Å². The van der Waals surface area contributed by atoms with Crippen LogP contribution in [0.2, 0.25) is 0 Å². The summed E-state index contributed by atoms with van der Waals surface area (Å²) in [5, 5.41) is 0. The number of nitrogens with zero attached hydrogens (tertiary/aromatic N) is 1. The highest BCUT2D eigenvalue weighted by Gasteiger charge is 2.21. The van der Waals surface area contributed by atoms with Crippen molar-refractivity contribution in [2.45, 2.75) is 5.44 Å². The number of aromatic nitrogens is 1. The largest absolute Gasteiger partial charge is 0.361 e. The predicted molar refractivity (Wildman–Crippen MR) is 48.8 cm³/mol. The molecule has 4 nitrogen and oxygen atoms in total. The molecule has 13 heavy (non-hydrogen) atoms. The van der Waals surface area contributed by atoms with Crippen LogP contribution in [0.3, 0.4) is 0 Å². The monoisotopic (exact) mass is 201 g/mol. The first-order valence-corrected chi connectivity index (χ1v) is 5.62. The number of rotatable bonds is 3. The van der Waals surface area contributed by atoms with Gasteiger partial charge in [0.05, 0.1) is 0 Å². The van der Waals surface area contributed by atoms with Gasteiger partial charge in [-0.15, -0.1) is 0 Å². The van der Waals surface area contributed by atoms with E-state index < -0.39 is 15.3 Å². The van der Waals surface area contributed by atoms with Crippen molar-refractivity contribution < 1.29 is 13.2 Å². The van der Waals surface area contributed by atoms with Gasteiger partial charge in [0, 0.05) is 31.3 Å². The Morgan fingerprint density at radius 3 is 2.62 bits per heavy atom. The first-order chi connectivity index (χ1) is 6.05. The zero-order valence-electron chi connectivity index (χ0n) is 7.47. The lowest BCUT2D eigenvalue weighted by Gasteiger charge is -2.12. The molecule has 0 saturated carbocycles. The lowest BCUT2D eigenvalue weighted by molar-refractivity contribution is 0.166. The fourth-order valence-electron chi connectivity index (χ4n) is 1.07. The van der Waals surface area contributed by atoms with Crippen LogP contribution >= 0.6 is 0 Å². The maximum Gasteiger partial charge on any atom is 0.184 e. The van der Waals surface area contributed by atoms with Crippen LogP contribution < -0.4 is 0 Å². The van der Waals surface area contributed by atoms with E-state index in [4.69, 9.17) is 4.74 Å². The van der Waals surface area contributed by atoms with E-state index in [1.807, 2.05) is 0 Å². The van der Waals surface area contributed by atoms with Crippen molar-refractivity contribution in [3.05, 3.63) is 30.1 Å². The highest BCUT2D eigenvalue weighted by molar-refractivity contribution is 7.90. The van der Waals surface area contributed by atoms with Gasteiger partial charge >= 0.3 is 0 Å². The summed E-state index contributed by atoms with van der Waals surface area (Å²) in [6, 6.07) is 3.34. The molecule has 0 saturated heterocycles. The second kappa shape index (κ2) is 3.85. The van der Waals surface area contributed by atoms with Gasteiger partial charge in [0.2, 0.25) is 0 Å². The SMILES string of the molecule is COC(c1cccnc1)S(C)(=O)=O. The molecule has 0 aliphatic carbocycles. The second-order valence-electron chi connectivity index (χ2n) is 2.68. The van der Waals surface area contributed by atoms with Gasteiger partial charge in [-0.2, -0.15) is 0 Å². The number of sulfone groups is 1. The predicted octanol–water partition coefficient (Wildman–Crippen LogP) is 0.771. The summed E-state index contributed by atoms with van der Waals surface area (Å²) in [6.07, 6.45) is 4.20. The highest BCUT2D eigenvalue weighted by atomic mass is 32.2. The molecule has 0 bridgehead atoms. The Morgan fingerprint density at radius 1 is 1.54 bits per heavy atom. The minimum Gasteiger partial charge on any atom is -0.361 e. The summed E-state index contributed by atoms with van der Waals surface area (Å²) in [7, 11) is -1.87. The van der Waals surface area contributed by atoms with Gasteiger partial charge in [0.25, 0.3) is 0 Å². The molecule has 0 spiro atoms. The molecule has 0 fully saturated rings. The van der Waals surface area contributed by atoms with Crippen LogP contribution in [0.1, 0.15) is 11.0 Å². The Balaban J connectivity index is 3.06. The summed E-state index contributed by atoms with van der Waals surface area (Å²) in [6.45, 7) is 0. The third kappa shape index (κ3) is 2.50. The zero-order valence-corrected chi connectivity index (χ0v) is 8.28. The first kappa shape index (κ1) is 10.1. The van der Waals surface area contributed by atoms with E-state index in [1.165, 1.54) is 13.3 Å². The van der Waals surface area contributed by atoms with Gasteiger partial charge in [-0.1, -0.05) is 6.07 Å². The van der Waals surface area contributed by atoms with Crippen molar-refractivity contribution in [3.8, 4) is 0 Å². The topological polar surface area (TPSA) is 56.3 Å². The van der Waals surface area contributed by atoms with Gasteiger partial charge < -0.3 is 4.74 Å². The van der Waals surface area contributed by atoms with E-state index in [0.29, 0.717) is 5.56 Å². The summed E-state index contributed by atoms with van der Waals surface area (Å²) < 4.78 is 27.3. The summed E-state index contributed by atoms with van der Waals surface area (Å²) in [5.41, 5.74) is -0.367. The van der Waals surface area contributed by atoms with Crippen molar-refractivity contribution in [3.63, 3.8) is 0 Å². The third-order valence-electron chi connectivity index (χ3n) is 1.56. The Bertz CT molecular complexity index is 360. The average Bonchev–Trinajstić information content (AvgIpc) is 2.05. The number of hydrogen-bond acceptors (Lipinski definition) is 4. The van der Waals surface area contributed by atoms with Crippen LogP contribution in [0.4, 0.5) is 0 Å². The average molecular weight is 201 g/mol. The van der Waals surface area contributed by atoms with Crippen LogP contribution in [-0.2, 0) is 14.6 Å². The molecule has 1 rings (SSSR count). The van der Waals surface area contributed by atoms with Crippen molar-refractivity contribution in [2.24, 2.45) is 0 Å². The van der Waals surface area contributed by atoms with Crippen molar-refractivity contribution >= 4 is 9.84 Å². The summed E-state index contributed by atoms with van der Waals surface area (Å²) in [4.78, 5) is 3.82. The molecule has 72 valence electrons. The third-order valence-corrected chi connectivity index (χ3v) is 2.80. The molecule has 1 heterocycles.